The third kappa shape index (κ3) is 47.9. The first kappa shape index (κ1) is 53.0. The number of likely N-dealkylation sites (N-methyl/N-ethyl adjacent to an activating group) is 1. The summed E-state index contributed by atoms with van der Waals surface area (Å²) in [6.45, 7) is 5.19. The molecule has 9 nitrogen and oxygen atoms in total. The van der Waals surface area contributed by atoms with Crippen LogP contribution in [0.3, 0.4) is 0 Å². The average molecular weight is 770 g/mol. The first-order chi connectivity index (χ1) is 25.3. The van der Waals surface area contributed by atoms with Crippen molar-refractivity contribution in [2.75, 3.05) is 41.4 Å². The van der Waals surface area contributed by atoms with Gasteiger partial charge in [0.25, 0.3) is 0 Å². The van der Waals surface area contributed by atoms with E-state index in [2.05, 4.69) is 41.7 Å². The molecule has 1 unspecified atom stereocenters. The van der Waals surface area contributed by atoms with E-state index >= 15 is 0 Å². The molecule has 0 N–H and O–H groups in total. The van der Waals surface area contributed by atoms with Gasteiger partial charge in [0.15, 0.2) is 6.10 Å². The van der Waals surface area contributed by atoms with Gasteiger partial charge in [-0.1, -0.05) is 142 Å². The van der Waals surface area contributed by atoms with Gasteiger partial charge in [0.1, 0.15) is 13.2 Å². The molecule has 0 spiro atoms. The number of hydrogen-bond donors (Lipinski definition) is 0. The molecule has 0 saturated carbocycles. The number of unbranched alkanes of at least 4 members (excludes halogenated alkanes) is 22. The van der Waals surface area contributed by atoms with Gasteiger partial charge in [-0.2, -0.15) is 0 Å². The molecule has 0 heterocycles. The van der Waals surface area contributed by atoms with E-state index in [0.29, 0.717) is 23.9 Å². The predicted molar refractivity (Wildman–Crippen MR) is 217 cm³/mol. The molecule has 53 heavy (non-hydrogen) atoms. The van der Waals surface area contributed by atoms with E-state index < -0.39 is 16.5 Å². The van der Waals surface area contributed by atoms with Gasteiger partial charge in [0, 0.05) is 25.7 Å². The van der Waals surface area contributed by atoms with E-state index in [-0.39, 0.29) is 31.4 Å². The number of carbonyl (C=O) groups is 2. The number of rotatable bonds is 32. The molecule has 0 fully saturated rings. The number of carbonyl (C=O) groups excluding carboxylic acids is 2. The number of ether oxygens (including phenoxy) is 2. The highest BCUT2D eigenvalue weighted by Gasteiger charge is 2.23. The SMILES string of the molecule is CCCCCCCCCCCCCC#CCCC(=O)OCC(C[N+](C)(C)C)OC(=O)CCC#CCCCCCCCCCCCCC.COS(=O)(=O)[O-]. The van der Waals surface area contributed by atoms with Crippen LogP contribution in [0.1, 0.15) is 194 Å². The number of nitrogens with zero attached hydrogens (tertiary/aromatic N) is 1. The van der Waals surface area contributed by atoms with Gasteiger partial charge >= 0.3 is 11.9 Å². The number of quaternary nitrogens is 1. The number of hydrogen-bond acceptors (Lipinski definition) is 8. The summed E-state index contributed by atoms with van der Waals surface area (Å²) in [4.78, 5) is 24.8. The van der Waals surface area contributed by atoms with Crippen LogP contribution in [0.2, 0.25) is 0 Å². The molecule has 0 aliphatic rings. The second-order valence-electron chi connectivity index (χ2n) is 15.1. The molecule has 0 aliphatic carbocycles. The normalized spacial score (nSPS) is 11.7. The Labute approximate surface area is 327 Å². The van der Waals surface area contributed by atoms with Crippen molar-refractivity contribution in [3.63, 3.8) is 0 Å². The highest BCUT2D eigenvalue weighted by Crippen LogP contribution is 2.13. The standard InChI is InChI=1S/C42H76NO4.CH4O4S/c1-6-8-10-12-14-16-18-20-22-24-26-28-30-32-34-36-41(44)46-39-40(38-43(3,4)5)47-42(45)37-35-33-31-29-27-25-23-21-19-17-15-13-11-9-7-2;1-5-6(2,3)4/h40H,6-29,34-39H2,1-5H3;1H3,(H,2,3,4)/q+1;/p-1. The first-order valence-electron chi connectivity index (χ1n) is 20.9. The summed E-state index contributed by atoms with van der Waals surface area (Å²) in [5.74, 6) is 12.1. The minimum absolute atomic E-state index is 0.0802. The molecule has 10 heteroatoms. The van der Waals surface area contributed by atoms with Gasteiger partial charge in [0.05, 0.1) is 41.1 Å². The van der Waals surface area contributed by atoms with Gasteiger partial charge in [-0.3, -0.25) is 13.8 Å². The molecule has 0 aromatic carbocycles. The Bertz CT molecular complexity index is 1100. The molecule has 0 aromatic heterocycles. The summed E-state index contributed by atoms with van der Waals surface area (Å²) >= 11 is 0. The van der Waals surface area contributed by atoms with Crippen molar-refractivity contribution in [1.82, 2.24) is 0 Å². The summed E-state index contributed by atoms with van der Waals surface area (Å²) < 4.78 is 42.8. The van der Waals surface area contributed by atoms with Crippen LogP contribution in [0.25, 0.3) is 0 Å². The maximum Gasteiger partial charge on any atom is 0.307 e. The number of esters is 2. The van der Waals surface area contributed by atoms with Crippen LogP contribution in [0.15, 0.2) is 0 Å². The Balaban J connectivity index is 0. The van der Waals surface area contributed by atoms with Crippen LogP contribution in [0.4, 0.5) is 0 Å². The van der Waals surface area contributed by atoms with Crippen molar-refractivity contribution in [3.05, 3.63) is 0 Å². The summed E-state index contributed by atoms with van der Waals surface area (Å²) in [6, 6.07) is 0. The Hall–Kier alpha value is -2.11. The van der Waals surface area contributed by atoms with Crippen molar-refractivity contribution in [2.24, 2.45) is 0 Å². The zero-order chi connectivity index (χ0) is 39.9. The lowest BCUT2D eigenvalue weighted by molar-refractivity contribution is -0.873. The van der Waals surface area contributed by atoms with Crippen LogP contribution < -0.4 is 0 Å². The lowest BCUT2D eigenvalue weighted by Gasteiger charge is -2.28. The summed E-state index contributed by atoms with van der Waals surface area (Å²) in [5.41, 5.74) is 0. The van der Waals surface area contributed by atoms with E-state index in [1.165, 1.54) is 128 Å². The van der Waals surface area contributed by atoms with E-state index in [4.69, 9.17) is 9.47 Å². The highest BCUT2D eigenvalue weighted by molar-refractivity contribution is 7.80. The summed E-state index contributed by atoms with van der Waals surface area (Å²) in [7, 11) is 2.50. The fourth-order valence-electron chi connectivity index (χ4n) is 5.68. The Morgan fingerprint density at radius 3 is 1.23 bits per heavy atom. The monoisotopic (exact) mass is 770 g/mol. The lowest BCUT2D eigenvalue weighted by Crippen LogP contribution is -2.45. The van der Waals surface area contributed by atoms with Crippen LogP contribution in [-0.4, -0.2) is 76.9 Å². The van der Waals surface area contributed by atoms with Gasteiger partial charge in [-0.25, -0.2) is 8.42 Å². The van der Waals surface area contributed by atoms with Crippen molar-refractivity contribution in [2.45, 2.75) is 200 Å². The molecular formula is C43H79NO8S. The highest BCUT2D eigenvalue weighted by atomic mass is 32.3. The van der Waals surface area contributed by atoms with E-state index in [1.54, 1.807) is 0 Å². The fraction of sp³-hybridized carbons (Fsp3) is 0.860. The van der Waals surface area contributed by atoms with Crippen LogP contribution in [0.5, 0.6) is 0 Å². The third-order valence-electron chi connectivity index (χ3n) is 8.65. The molecule has 0 aromatic rings. The van der Waals surface area contributed by atoms with E-state index in [1.807, 2.05) is 21.1 Å². The maximum atomic E-state index is 12.5. The van der Waals surface area contributed by atoms with Crippen molar-refractivity contribution >= 4 is 22.3 Å². The van der Waals surface area contributed by atoms with Gasteiger partial charge < -0.3 is 18.5 Å². The molecule has 0 aliphatic heterocycles. The molecule has 0 bridgehead atoms. The van der Waals surface area contributed by atoms with Crippen molar-refractivity contribution in [3.8, 4) is 23.7 Å². The second-order valence-corrected chi connectivity index (χ2v) is 16.3. The zero-order valence-corrected chi connectivity index (χ0v) is 35.7. The molecule has 0 rings (SSSR count). The molecule has 310 valence electrons. The molecule has 0 radical (unpaired) electrons. The van der Waals surface area contributed by atoms with E-state index in [0.717, 1.165) is 32.8 Å². The zero-order valence-electron chi connectivity index (χ0n) is 34.9. The lowest BCUT2D eigenvalue weighted by atomic mass is 10.1. The second kappa shape index (κ2) is 38.2. The Morgan fingerprint density at radius 1 is 0.566 bits per heavy atom. The Morgan fingerprint density at radius 2 is 0.887 bits per heavy atom. The third-order valence-corrected chi connectivity index (χ3v) is 9.06. The largest absolute Gasteiger partial charge is 0.726 e. The molecule has 0 saturated heterocycles. The fourth-order valence-corrected chi connectivity index (χ4v) is 5.68. The van der Waals surface area contributed by atoms with Crippen LogP contribution in [0, 0.1) is 23.7 Å². The summed E-state index contributed by atoms with van der Waals surface area (Å²) in [6.07, 6.45) is 32.2. The van der Waals surface area contributed by atoms with Gasteiger partial charge in [0.2, 0.25) is 10.4 Å². The quantitative estimate of drug-likeness (QED) is 0.0166. The Kier molecular flexibility index (Phi) is 38.2. The van der Waals surface area contributed by atoms with E-state index in [9.17, 15) is 22.6 Å². The van der Waals surface area contributed by atoms with Gasteiger partial charge in [-0.05, 0) is 12.8 Å². The summed E-state index contributed by atoms with van der Waals surface area (Å²) in [5, 5.41) is 0. The molecule has 1 atom stereocenters. The van der Waals surface area contributed by atoms with Crippen LogP contribution >= 0.6 is 0 Å². The van der Waals surface area contributed by atoms with Crippen molar-refractivity contribution in [1.29, 1.82) is 0 Å². The van der Waals surface area contributed by atoms with Crippen LogP contribution in [-0.2, 0) is 33.6 Å². The minimum atomic E-state index is -4.41. The first-order valence-corrected chi connectivity index (χ1v) is 22.3. The predicted octanol–water partition coefficient (Wildman–Crippen LogP) is 10.2. The average Bonchev–Trinajstić information content (AvgIpc) is 3.10. The van der Waals surface area contributed by atoms with Crippen molar-refractivity contribution < 1.29 is 40.7 Å². The maximum absolute atomic E-state index is 12.5. The smallest absolute Gasteiger partial charge is 0.307 e. The minimum Gasteiger partial charge on any atom is -0.726 e. The molecular weight excluding hydrogens is 691 g/mol. The topological polar surface area (TPSA) is 119 Å². The van der Waals surface area contributed by atoms with Gasteiger partial charge in [-0.15, -0.1) is 23.7 Å². The molecule has 0 amide bonds.